The Morgan fingerprint density at radius 3 is 2.69 bits per heavy atom. The number of oxime groups is 1. The van der Waals surface area contributed by atoms with E-state index in [9.17, 15) is 9.59 Å². The quantitative estimate of drug-likeness (QED) is 0.688. The summed E-state index contributed by atoms with van der Waals surface area (Å²) in [6.45, 7) is 0.701. The number of rotatable bonds is 4. The van der Waals surface area contributed by atoms with Crippen LogP contribution in [0.1, 0.15) is 34.3 Å². The topological polar surface area (TPSA) is 83.9 Å². The highest BCUT2D eigenvalue weighted by Gasteiger charge is 2.29. The number of aryl methyl sites for hydroxylation is 1. The number of carbonyl (C=O) groups is 2. The summed E-state index contributed by atoms with van der Waals surface area (Å²) < 4.78 is 0. The summed E-state index contributed by atoms with van der Waals surface area (Å²) >= 11 is 0. The van der Waals surface area contributed by atoms with E-state index in [4.69, 9.17) is 4.84 Å². The van der Waals surface area contributed by atoms with E-state index in [1.165, 1.54) is 5.56 Å². The number of aromatic nitrogens is 1. The molecule has 160 valence electrons. The molecule has 1 N–H and O–H groups in total. The van der Waals surface area contributed by atoms with Crippen molar-refractivity contribution in [2.45, 2.75) is 25.4 Å². The van der Waals surface area contributed by atoms with Crippen LogP contribution < -0.4 is 10.2 Å². The third-order valence-electron chi connectivity index (χ3n) is 5.71. The molecule has 32 heavy (non-hydrogen) atoms. The lowest BCUT2D eigenvalue weighted by Crippen LogP contribution is -2.35. The van der Waals surface area contributed by atoms with Gasteiger partial charge >= 0.3 is 0 Å². The van der Waals surface area contributed by atoms with Gasteiger partial charge < -0.3 is 15.1 Å². The van der Waals surface area contributed by atoms with Crippen LogP contribution in [0.15, 0.2) is 78.2 Å². The Hall–Kier alpha value is -4.00. The minimum absolute atomic E-state index is 0.0383. The molecule has 0 aliphatic carbocycles. The van der Waals surface area contributed by atoms with Crippen LogP contribution >= 0.6 is 0 Å². The van der Waals surface area contributed by atoms with Crippen LogP contribution in [0.4, 0.5) is 11.4 Å². The van der Waals surface area contributed by atoms with Crippen molar-refractivity contribution in [1.29, 1.82) is 0 Å². The summed E-state index contributed by atoms with van der Waals surface area (Å²) in [4.78, 5) is 36.9. The Morgan fingerprint density at radius 2 is 1.88 bits per heavy atom. The van der Waals surface area contributed by atoms with Crippen LogP contribution in [-0.2, 0) is 16.1 Å². The second-order valence-corrected chi connectivity index (χ2v) is 7.83. The SMILES string of the molecule is O=C(Nc1ccc(C(=O)N2CCCc3ccccc32)cc1)C1CC(c2cccnc2)=NO1. The summed E-state index contributed by atoms with van der Waals surface area (Å²) in [5, 5.41) is 6.86. The number of hydrogen-bond acceptors (Lipinski definition) is 5. The molecule has 3 aromatic rings. The first-order valence-corrected chi connectivity index (χ1v) is 10.6. The first-order valence-electron chi connectivity index (χ1n) is 10.6. The third-order valence-corrected chi connectivity index (χ3v) is 5.71. The van der Waals surface area contributed by atoms with Crippen molar-refractivity contribution in [3.8, 4) is 0 Å². The largest absolute Gasteiger partial charge is 0.382 e. The maximum absolute atomic E-state index is 13.1. The number of fused-ring (bicyclic) bond motifs is 1. The summed E-state index contributed by atoms with van der Waals surface area (Å²) in [5.74, 6) is -0.319. The van der Waals surface area contributed by atoms with Crippen molar-refractivity contribution in [3.63, 3.8) is 0 Å². The second-order valence-electron chi connectivity index (χ2n) is 7.83. The number of anilines is 2. The number of para-hydroxylation sites is 1. The van der Waals surface area contributed by atoms with Crippen LogP contribution in [-0.4, -0.2) is 35.2 Å². The van der Waals surface area contributed by atoms with Crippen molar-refractivity contribution in [3.05, 3.63) is 89.7 Å². The number of amides is 2. The molecule has 3 heterocycles. The number of nitrogens with zero attached hydrogens (tertiary/aromatic N) is 3. The molecule has 2 amide bonds. The number of hydrogen-bond donors (Lipinski definition) is 1. The molecular weight excluding hydrogens is 404 g/mol. The Labute approximate surface area is 185 Å². The minimum Gasteiger partial charge on any atom is -0.382 e. The molecule has 0 saturated heterocycles. The lowest BCUT2D eigenvalue weighted by Gasteiger charge is -2.29. The molecule has 0 radical (unpaired) electrons. The molecule has 0 saturated carbocycles. The molecule has 7 heteroatoms. The number of carbonyl (C=O) groups excluding carboxylic acids is 2. The van der Waals surface area contributed by atoms with E-state index in [1.807, 2.05) is 35.2 Å². The van der Waals surface area contributed by atoms with Crippen LogP contribution in [0.25, 0.3) is 0 Å². The van der Waals surface area contributed by atoms with Crippen molar-refractivity contribution in [1.82, 2.24) is 4.98 Å². The zero-order chi connectivity index (χ0) is 21.9. The molecular formula is C25H22N4O3. The first-order chi connectivity index (χ1) is 15.7. The van der Waals surface area contributed by atoms with E-state index in [0.717, 1.165) is 24.1 Å². The molecule has 0 bridgehead atoms. The fourth-order valence-electron chi connectivity index (χ4n) is 4.04. The molecule has 2 aliphatic heterocycles. The summed E-state index contributed by atoms with van der Waals surface area (Å²) in [6.07, 6.45) is 4.99. The lowest BCUT2D eigenvalue weighted by atomic mass is 10.0. The predicted molar refractivity (Wildman–Crippen MR) is 122 cm³/mol. The van der Waals surface area contributed by atoms with Gasteiger partial charge in [-0.3, -0.25) is 14.6 Å². The number of pyridine rings is 1. The number of nitrogens with one attached hydrogen (secondary N) is 1. The average molecular weight is 426 g/mol. The van der Waals surface area contributed by atoms with E-state index in [-0.39, 0.29) is 11.8 Å². The van der Waals surface area contributed by atoms with Gasteiger partial charge in [0.1, 0.15) is 0 Å². The fourth-order valence-corrected chi connectivity index (χ4v) is 4.04. The van der Waals surface area contributed by atoms with Gasteiger partial charge in [-0.25, -0.2) is 0 Å². The van der Waals surface area contributed by atoms with Gasteiger partial charge in [-0.1, -0.05) is 23.4 Å². The standard InChI is InChI=1S/C25H22N4O3/c30-24(23-15-21(28-32-23)19-6-3-13-26-16-19)27-20-11-9-18(10-12-20)25(31)29-14-4-7-17-5-1-2-8-22(17)29/h1-3,5-6,8-13,16,23H,4,7,14-15H2,(H,27,30). The van der Waals surface area contributed by atoms with Gasteiger partial charge in [0.15, 0.2) is 0 Å². The maximum atomic E-state index is 13.1. The summed E-state index contributed by atoms with van der Waals surface area (Å²) in [5.41, 5.74) is 4.89. The third kappa shape index (κ3) is 3.97. The van der Waals surface area contributed by atoms with E-state index < -0.39 is 6.10 Å². The zero-order valence-electron chi connectivity index (χ0n) is 17.4. The molecule has 0 fully saturated rings. The monoisotopic (exact) mass is 426 g/mol. The van der Waals surface area contributed by atoms with Crippen molar-refractivity contribution in [2.75, 3.05) is 16.8 Å². The second kappa shape index (κ2) is 8.63. The van der Waals surface area contributed by atoms with E-state index in [0.29, 0.717) is 29.9 Å². The normalized spacial score (nSPS) is 17.2. The van der Waals surface area contributed by atoms with Gasteiger partial charge in [-0.05, 0) is 60.9 Å². The van der Waals surface area contributed by atoms with Crippen LogP contribution in [0.5, 0.6) is 0 Å². The van der Waals surface area contributed by atoms with Gasteiger partial charge in [0.2, 0.25) is 6.10 Å². The highest BCUT2D eigenvalue weighted by atomic mass is 16.6. The Kier molecular flexibility index (Phi) is 5.37. The fraction of sp³-hybridized carbons (Fsp3) is 0.200. The van der Waals surface area contributed by atoms with Gasteiger partial charge in [-0.2, -0.15) is 0 Å². The molecule has 0 spiro atoms. The van der Waals surface area contributed by atoms with Crippen LogP contribution in [0.3, 0.4) is 0 Å². The highest BCUT2D eigenvalue weighted by Crippen LogP contribution is 2.28. The van der Waals surface area contributed by atoms with Crippen LogP contribution in [0, 0.1) is 0 Å². The average Bonchev–Trinajstić information content (AvgIpc) is 3.35. The van der Waals surface area contributed by atoms with Crippen molar-refractivity contribution < 1.29 is 14.4 Å². The van der Waals surface area contributed by atoms with E-state index in [2.05, 4.69) is 21.5 Å². The lowest BCUT2D eigenvalue weighted by molar-refractivity contribution is -0.125. The van der Waals surface area contributed by atoms with Crippen molar-refractivity contribution in [2.24, 2.45) is 5.16 Å². The van der Waals surface area contributed by atoms with E-state index in [1.54, 1.807) is 36.7 Å². The van der Waals surface area contributed by atoms with Crippen molar-refractivity contribution >= 4 is 28.9 Å². The van der Waals surface area contributed by atoms with Gasteiger partial charge in [0, 0.05) is 47.9 Å². The van der Waals surface area contributed by atoms with Gasteiger partial charge in [0.25, 0.3) is 11.8 Å². The molecule has 1 aromatic heterocycles. The Morgan fingerprint density at radius 1 is 1.03 bits per heavy atom. The molecule has 2 aromatic carbocycles. The molecule has 1 atom stereocenters. The van der Waals surface area contributed by atoms with E-state index >= 15 is 0 Å². The summed E-state index contributed by atoms with van der Waals surface area (Å²) in [7, 11) is 0. The van der Waals surface area contributed by atoms with Gasteiger partial charge in [-0.15, -0.1) is 0 Å². The Balaban J connectivity index is 1.22. The predicted octanol–water partition coefficient (Wildman–Crippen LogP) is 3.81. The minimum atomic E-state index is -0.698. The highest BCUT2D eigenvalue weighted by molar-refractivity contribution is 6.08. The molecule has 5 rings (SSSR count). The van der Waals surface area contributed by atoms with Crippen LogP contribution in [0.2, 0.25) is 0 Å². The van der Waals surface area contributed by atoms with Gasteiger partial charge in [0.05, 0.1) is 5.71 Å². The molecule has 1 unspecified atom stereocenters. The smallest absolute Gasteiger partial charge is 0.268 e. The summed E-state index contributed by atoms with van der Waals surface area (Å²) in [6, 6.07) is 18.7. The Bertz CT molecular complexity index is 1180. The maximum Gasteiger partial charge on any atom is 0.268 e. The zero-order valence-corrected chi connectivity index (χ0v) is 17.4. The molecule has 2 aliphatic rings. The first kappa shape index (κ1) is 19.9. The number of benzene rings is 2. The molecule has 7 nitrogen and oxygen atoms in total.